The first kappa shape index (κ1) is 14.2. The minimum absolute atomic E-state index is 0.185. The number of rotatable bonds is 1. The molecule has 0 aromatic heterocycles. The quantitative estimate of drug-likeness (QED) is 0.607. The van der Waals surface area contributed by atoms with Crippen molar-refractivity contribution in [2.75, 3.05) is 0 Å². The average Bonchev–Trinajstić information content (AvgIpc) is 2.26. The van der Waals surface area contributed by atoms with Crippen LogP contribution in [0.1, 0.15) is 11.1 Å². The van der Waals surface area contributed by atoms with E-state index in [0.29, 0.717) is 21.2 Å². The lowest BCUT2D eigenvalue weighted by molar-refractivity contribution is -0.138. The van der Waals surface area contributed by atoms with Crippen LogP contribution in [0.15, 0.2) is 36.4 Å². The summed E-state index contributed by atoms with van der Waals surface area (Å²) in [5, 5.41) is 0.772. The predicted molar refractivity (Wildman–Crippen MR) is 71.6 cm³/mol. The van der Waals surface area contributed by atoms with E-state index < -0.39 is 11.7 Å². The fraction of sp³-hybridized carbons (Fsp3) is 0.143. The van der Waals surface area contributed by atoms with Gasteiger partial charge in [0.2, 0.25) is 0 Å². The Bertz CT molecular complexity index is 598. The lowest BCUT2D eigenvalue weighted by Gasteiger charge is -2.12. The van der Waals surface area contributed by atoms with Crippen molar-refractivity contribution in [3.8, 4) is 11.1 Å². The van der Waals surface area contributed by atoms with Crippen LogP contribution in [-0.2, 0) is 6.18 Å². The van der Waals surface area contributed by atoms with Crippen molar-refractivity contribution in [2.24, 2.45) is 0 Å². The SMILES string of the molecule is Cc1ccc(-c2cc(Cl)cc(Cl)c2)cc1C(F)(F)F. The summed E-state index contributed by atoms with van der Waals surface area (Å²) in [6.07, 6.45) is -4.37. The number of hydrogen-bond donors (Lipinski definition) is 0. The molecule has 0 aliphatic rings. The average molecular weight is 305 g/mol. The zero-order valence-corrected chi connectivity index (χ0v) is 11.4. The van der Waals surface area contributed by atoms with Crippen LogP contribution in [0.5, 0.6) is 0 Å². The Morgan fingerprint density at radius 1 is 0.842 bits per heavy atom. The van der Waals surface area contributed by atoms with Crippen LogP contribution in [0.3, 0.4) is 0 Å². The normalized spacial score (nSPS) is 11.7. The Hall–Kier alpha value is -1.19. The van der Waals surface area contributed by atoms with E-state index in [2.05, 4.69) is 0 Å². The summed E-state index contributed by atoms with van der Waals surface area (Å²) in [7, 11) is 0. The van der Waals surface area contributed by atoms with Gasteiger partial charge in [-0.05, 0) is 47.9 Å². The number of benzene rings is 2. The molecule has 0 heterocycles. The highest BCUT2D eigenvalue weighted by Crippen LogP contribution is 2.35. The summed E-state index contributed by atoms with van der Waals surface area (Å²) < 4.78 is 38.6. The second kappa shape index (κ2) is 5.06. The molecule has 0 atom stereocenters. The van der Waals surface area contributed by atoms with Gasteiger partial charge in [0, 0.05) is 10.0 Å². The van der Waals surface area contributed by atoms with E-state index in [-0.39, 0.29) is 5.56 Å². The molecule has 0 spiro atoms. The molecule has 19 heavy (non-hydrogen) atoms. The smallest absolute Gasteiger partial charge is 0.166 e. The molecule has 2 aromatic rings. The van der Waals surface area contributed by atoms with Gasteiger partial charge in [-0.3, -0.25) is 0 Å². The molecule has 100 valence electrons. The summed E-state index contributed by atoms with van der Waals surface area (Å²) in [5.41, 5.74) is 0.524. The molecule has 0 fully saturated rings. The van der Waals surface area contributed by atoms with Gasteiger partial charge in [-0.2, -0.15) is 13.2 Å². The highest BCUT2D eigenvalue weighted by atomic mass is 35.5. The Morgan fingerprint density at radius 2 is 1.42 bits per heavy atom. The monoisotopic (exact) mass is 304 g/mol. The highest BCUT2D eigenvalue weighted by Gasteiger charge is 2.32. The van der Waals surface area contributed by atoms with Crippen LogP contribution >= 0.6 is 23.2 Å². The lowest BCUT2D eigenvalue weighted by Crippen LogP contribution is -2.07. The number of aryl methyl sites for hydroxylation is 1. The first-order chi connectivity index (χ1) is 8.77. The van der Waals surface area contributed by atoms with Crippen LogP contribution < -0.4 is 0 Å². The molecule has 5 heteroatoms. The zero-order chi connectivity index (χ0) is 14.2. The Kier molecular flexibility index (Phi) is 3.79. The van der Waals surface area contributed by atoms with Gasteiger partial charge in [-0.1, -0.05) is 35.3 Å². The minimum Gasteiger partial charge on any atom is -0.166 e. The predicted octanol–water partition coefficient (Wildman–Crippen LogP) is 5.99. The van der Waals surface area contributed by atoms with Crippen LogP contribution in [0.25, 0.3) is 11.1 Å². The number of hydrogen-bond acceptors (Lipinski definition) is 0. The third-order valence-corrected chi connectivity index (χ3v) is 3.18. The van der Waals surface area contributed by atoms with Gasteiger partial charge in [-0.25, -0.2) is 0 Å². The maximum atomic E-state index is 12.9. The molecule has 0 aliphatic carbocycles. The summed E-state index contributed by atoms with van der Waals surface area (Å²) in [6, 6.07) is 8.86. The van der Waals surface area contributed by atoms with Crippen molar-refractivity contribution in [1.29, 1.82) is 0 Å². The second-order valence-corrected chi connectivity index (χ2v) is 5.06. The summed E-state index contributed by atoms with van der Waals surface area (Å²) in [6.45, 7) is 1.43. The van der Waals surface area contributed by atoms with Crippen molar-refractivity contribution in [1.82, 2.24) is 0 Å². The molecule has 0 radical (unpaired) electrons. The van der Waals surface area contributed by atoms with Gasteiger partial charge >= 0.3 is 6.18 Å². The largest absolute Gasteiger partial charge is 0.416 e. The van der Waals surface area contributed by atoms with Crippen molar-refractivity contribution in [2.45, 2.75) is 13.1 Å². The zero-order valence-electron chi connectivity index (χ0n) is 9.85. The third-order valence-electron chi connectivity index (χ3n) is 2.74. The van der Waals surface area contributed by atoms with Gasteiger partial charge in [0.05, 0.1) is 5.56 Å². The van der Waals surface area contributed by atoms with E-state index in [9.17, 15) is 13.2 Å². The van der Waals surface area contributed by atoms with Gasteiger partial charge in [-0.15, -0.1) is 0 Å². The highest BCUT2D eigenvalue weighted by molar-refractivity contribution is 6.35. The van der Waals surface area contributed by atoms with Crippen molar-refractivity contribution in [3.05, 3.63) is 57.6 Å². The maximum Gasteiger partial charge on any atom is 0.416 e. The molecule has 2 rings (SSSR count). The molecule has 0 nitrogen and oxygen atoms in total. The Labute approximate surface area is 118 Å². The molecule has 0 saturated heterocycles. The van der Waals surface area contributed by atoms with Gasteiger partial charge in [0.25, 0.3) is 0 Å². The molecule has 0 unspecified atom stereocenters. The first-order valence-electron chi connectivity index (χ1n) is 5.41. The van der Waals surface area contributed by atoms with E-state index in [1.54, 1.807) is 18.2 Å². The van der Waals surface area contributed by atoms with Crippen LogP contribution in [0.2, 0.25) is 10.0 Å². The van der Waals surface area contributed by atoms with E-state index in [4.69, 9.17) is 23.2 Å². The summed E-state index contributed by atoms with van der Waals surface area (Å²) in [5.74, 6) is 0. The van der Waals surface area contributed by atoms with Crippen LogP contribution in [0.4, 0.5) is 13.2 Å². The van der Waals surface area contributed by atoms with E-state index in [0.717, 1.165) is 6.07 Å². The lowest BCUT2D eigenvalue weighted by atomic mass is 9.99. The van der Waals surface area contributed by atoms with Crippen LogP contribution in [-0.4, -0.2) is 0 Å². The minimum atomic E-state index is -4.37. The Morgan fingerprint density at radius 3 is 1.95 bits per heavy atom. The van der Waals surface area contributed by atoms with Gasteiger partial charge in [0.1, 0.15) is 0 Å². The number of alkyl halides is 3. The Balaban J connectivity index is 2.58. The fourth-order valence-electron chi connectivity index (χ4n) is 1.83. The van der Waals surface area contributed by atoms with Gasteiger partial charge < -0.3 is 0 Å². The molecule has 0 N–H and O–H groups in total. The van der Waals surface area contributed by atoms with Crippen molar-refractivity contribution in [3.63, 3.8) is 0 Å². The maximum absolute atomic E-state index is 12.9. The van der Waals surface area contributed by atoms with Crippen LogP contribution in [0, 0.1) is 6.92 Å². The van der Waals surface area contributed by atoms with Gasteiger partial charge in [0.15, 0.2) is 0 Å². The molecular weight excluding hydrogens is 296 g/mol. The first-order valence-corrected chi connectivity index (χ1v) is 6.17. The van der Waals surface area contributed by atoms with E-state index in [1.807, 2.05) is 0 Å². The standard InChI is InChI=1S/C14H9Cl2F3/c1-8-2-3-9(6-13(8)14(17,18)19)10-4-11(15)7-12(16)5-10/h2-7H,1H3. The molecular formula is C14H9Cl2F3. The van der Waals surface area contributed by atoms with E-state index in [1.165, 1.54) is 19.1 Å². The molecule has 0 bridgehead atoms. The molecule has 2 aromatic carbocycles. The molecule has 0 aliphatic heterocycles. The third kappa shape index (κ3) is 3.23. The fourth-order valence-corrected chi connectivity index (χ4v) is 2.35. The van der Waals surface area contributed by atoms with Crippen molar-refractivity contribution < 1.29 is 13.2 Å². The molecule has 0 amide bonds. The topological polar surface area (TPSA) is 0 Å². The second-order valence-electron chi connectivity index (χ2n) is 4.19. The molecule has 0 saturated carbocycles. The number of halogens is 5. The van der Waals surface area contributed by atoms with Crippen molar-refractivity contribution >= 4 is 23.2 Å². The summed E-state index contributed by atoms with van der Waals surface area (Å²) >= 11 is 11.7. The summed E-state index contributed by atoms with van der Waals surface area (Å²) in [4.78, 5) is 0. The van der Waals surface area contributed by atoms with E-state index >= 15 is 0 Å².